The highest BCUT2D eigenvalue weighted by atomic mass is 35.5. The molecule has 9 nitrogen and oxygen atoms in total. The van der Waals surface area contributed by atoms with Gasteiger partial charge in [-0.1, -0.05) is 0 Å². The molecule has 0 unspecified atom stereocenters. The predicted molar refractivity (Wildman–Crippen MR) is 115 cm³/mol. The van der Waals surface area contributed by atoms with E-state index in [9.17, 15) is 12.8 Å². The Morgan fingerprint density at radius 2 is 1.87 bits per heavy atom. The second-order valence-corrected chi connectivity index (χ2v) is 9.09. The Morgan fingerprint density at radius 1 is 1.13 bits per heavy atom. The zero-order valence-electron chi connectivity index (χ0n) is 16.9. The topological polar surface area (TPSA) is 112 Å². The van der Waals surface area contributed by atoms with Crippen molar-refractivity contribution in [3.05, 3.63) is 42.4 Å². The molecule has 0 aromatic carbocycles. The van der Waals surface area contributed by atoms with Crippen LogP contribution in [0.1, 0.15) is 24.7 Å². The summed E-state index contributed by atoms with van der Waals surface area (Å²) in [5.41, 5.74) is 0.704. The average molecular weight is 469 g/mol. The van der Waals surface area contributed by atoms with Crippen molar-refractivity contribution in [3.8, 4) is 11.4 Å². The molecule has 12 heteroatoms. The number of imidazole rings is 1. The smallest absolute Gasteiger partial charge is 0.229 e. The van der Waals surface area contributed by atoms with E-state index in [4.69, 9.17) is 4.74 Å². The zero-order valence-corrected chi connectivity index (χ0v) is 18.6. The Hall–Kier alpha value is -2.63. The summed E-state index contributed by atoms with van der Waals surface area (Å²) in [5, 5.41) is 2.88. The van der Waals surface area contributed by atoms with Gasteiger partial charge in [0.15, 0.2) is 15.7 Å². The molecule has 1 fully saturated rings. The molecule has 1 N–H and O–H groups in total. The van der Waals surface area contributed by atoms with Crippen LogP contribution in [0.4, 0.5) is 16.2 Å². The molecule has 31 heavy (non-hydrogen) atoms. The van der Waals surface area contributed by atoms with Crippen LogP contribution in [-0.4, -0.2) is 52.4 Å². The molecule has 0 amide bonds. The Balaban J connectivity index is 0.00000272. The maximum Gasteiger partial charge on any atom is 0.229 e. The third-order valence-electron chi connectivity index (χ3n) is 4.93. The van der Waals surface area contributed by atoms with Gasteiger partial charge < -0.3 is 14.6 Å². The van der Waals surface area contributed by atoms with Crippen LogP contribution in [0, 0.1) is 12.7 Å². The van der Waals surface area contributed by atoms with Crippen LogP contribution in [0.3, 0.4) is 0 Å². The number of hydrogen-bond acceptors (Lipinski definition) is 8. The number of nitrogens with one attached hydrogen (secondary N) is 1. The summed E-state index contributed by atoms with van der Waals surface area (Å²) in [6.45, 7) is 3.18. The van der Waals surface area contributed by atoms with Crippen LogP contribution in [0.5, 0.6) is 0 Å². The number of anilines is 2. The molecule has 166 valence electrons. The largest absolute Gasteiger partial charge is 0.381 e. The molecule has 0 aliphatic carbocycles. The van der Waals surface area contributed by atoms with Crippen molar-refractivity contribution in [2.24, 2.45) is 0 Å². The number of hydrogen-bond donors (Lipinski definition) is 1. The number of rotatable bonds is 5. The highest BCUT2D eigenvalue weighted by molar-refractivity contribution is 7.90. The van der Waals surface area contributed by atoms with E-state index in [-0.39, 0.29) is 35.0 Å². The van der Waals surface area contributed by atoms with Crippen molar-refractivity contribution in [3.63, 3.8) is 0 Å². The number of nitrogens with zero attached hydrogens (tertiary/aromatic N) is 5. The molecule has 0 radical (unpaired) electrons. The van der Waals surface area contributed by atoms with Crippen LogP contribution in [0.25, 0.3) is 11.4 Å². The Kier molecular flexibility index (Phi) is 6.87. The van der Waals surface area contributed by atoms with E-state index >= 15 is 0 Å². The van der Waals surface area contributed by atoms with Gasteiger partial charge in [0, 0.05) is 31.7 Å². The minimum absolute atomic E-state index is 0. The summed E-state index contributed by atoms with van der Waals surface area (Å²) in [6, 6.07) is 3.09. The first-order valence-corrected chi connectivity index (χ1v) is 11.3. The van der Waals surface area contributed by atoms with Crippen molar-refractivity contribution >= 4 is 34.0 Å². The van der Waals surface area contributed by atoms with Gasteiger partial charge in [-0.05, 0) is 31.9 Å². The molecule has 0 bridgehead atoms. The average Bonchev–Trinajstić information content (AvgIpc) is 3.11. The molecular weight excluding hydrogens is 447 g/mol. The second kappa shape index (κ2) is 9.25. The molecule has 1 aliphatic rings. The van der Waals surface area contributed by atoms with E-state index in [2.05, 4.69) is 25.3 Å². The molecule has 0 atom stereocenters. The second-order valence-electron chi connectivity index (χ2n) is 7.07. The fourth-order valence-electron chi connectivity index (χ4n) is 3.43. The molecular formula is C19H22ClFN6O3S. The van der Waals surface area contributed by atoms with E-state index < -0.39 is 15.7 Å². The van der Waals surface area contributed by atoms with E-state index in [1.54, 1.807) is 6.20 Å². The third kappa shape index (κ3) is 5.00. The number of aryl methyl sites for hydroxylation is 1. The fraction of sp³-hybridized carbons (Fsp3) is 0.368. The highest BCUT2D eigenvalue weighted by Gasteiger charge is 2.23. The van der Waals surface area contributed by atoms with E-state index in [1.807, 2.05) is 11.5 Å². The number of halogens is 2. The molecule has 1 saturated heterocycles. The van der Waals surface area contributed by atoms with Crippen LogP contribution in [-0.2, 0) is 14.6 Å². The molecule has 3 aromatic heterocycles. The number of pyridine rings is 1. The van der Waals surface area contributed by atoms with E-state index in [0.29, 0.717) is 24.7 Å². The van der Waals surface area contributed by atoms with Gasteiger partial charge in [0.2, 0.25) is 5.95 Å². The molecule has 4 heterocycles. The molecule has 1 aliphatic heterocycles. The van der Waals surface area contributed by atoms with Gasteiger partial charge in [-0.3, -0.25) is 0 Å². The first-order valence-electron chi connectivity index (χ1n) is 9.40. The van der Waals surface area contributed by atoms with Gasteiger partial charge in [-0.2, -0.15) is 0 Å². The first-order chi connectivity index (χ1) is 14.3. The van der Waals surface area contributed by atoms with Crippen molar-refractivity contribution in [2.45, 2.75) is 30.7 Å². The lowest BCUT2D eigenvalue weighted by Crippen LogP contribution is -2.21. The molecule has 0 spiro atoms. The number of aromatic nitrogens is 5. The normalized spacial score (nSPS) is 14.8. The van der Waals surface area contributed by atoms with Crippen LogP contribution >= 0.6 is 12.4 Å². The highest BCUT2D eigenvalue weighted by Crippen LogP contribution is 2.30. The molecule has 3 aromatic rings. The summed E-state index contributed by atoms with van der Waals surface area (Å²) in [5.74, 6) is 0.703. The minimum atomic E-state index is -3.34. The zero-order chi connectivity index (χ0) is 21.3. The van der Waals surface area contributed by atoms with Crippen LogP contribution in [0.2, 0.25) is 0 Å². The Labute approximate surface area is 185 Å². The van der Waals surface area contributed by atoms with Crippen molar-refractivity contribution in [2.75, 3.05) is 24.8 Å². The lowest BCUT2D eigenvalue weighted by molar-refractivity contribution is 0.0694. The number of ether oxygens (including phenoxy) is 1. The Bertz CT molecular complexity index is 1160. The first kappa shape index (κ1) is 23.0. The van der Waals surface area contributed by atoms with Gasteiger partial charge in [-0.15, -0.1) is 12.4 Å². The van der Waals surface area contributed by atoms with Gasteiger partial charge in [0.25, 0.3) is 0 Å². The molecule has 4 rings (SSSR count). The third-order valence-corrected chi connectivity index (χ3v) is 6.03. The van der Waals surface area contributed by atoms with E-state index in [1.165, 1.54) is 18.3 Å². The predicted octanol–water partition coefficient (Wildman–Crippen LogP) is 3.10. The van der Waals surface area contributed by atoms with Crippen molar-refractivity contribution in [1.82, 2.24) is 24.5 Å². The lowest BCUT2D eigenvalue weighted by Gasteiger charge is -2.26. The Morgan fingerprint density at radius 3 is 2.52 bits per heavy atom. The van der Waals surface area contributed by atoms with Crippen LogP contribution in [0.15, 0.2) is 35.6 Å². The summed E-state index contributed by atoms with van der Waals surface area (Å²) in [6.07, 6.45) is 6.68. The summed E-state index contributed by atoms with van der Waals surface area (Å²) in [7, 11) is -3.34. The fourth-order valence-corrected chi connectivity index (χ4v) is 3.99. The van der Waals surface area contributed by atoms with Gasteiger partial charge >= 0.3 is 0 Å². The van der Waals surface area contributed by atoms with Gasteiger partial charge in [-0.25, -0.2) is 32.7 Å². The monoisotopic (exact) mass is 468 g/mol. The van der Waals surface area contributed by atoms with Crippen molar-refractivity contribution < 1.29 is 17.5 Å². The van der Waals surface area contributed by atoms with Gasteiger partial charge in [0.05, 0.1) is 23.0 Å². The summed E-state index contributed by atoms with van der Waals surface area (Å²) < 4.78 is 45.2. The quantitative estimate of drug-likeness (QED) is 0.607. The number of sulfone groups is 1. The maximum atomic E-state index is 14.6. The SMILES string of the molecule is Cc1ncc(-c2nc(Nc3ccc(S(C)(=O)=O)cn3)ncc2F)n1C1CCOCC1.Cl. The van der Waals surface area contributed by atoms with Crippen molar-refractivity contribution in [1.29, 1.82) is 0 Å². The molecule has 0 saturated carbocycles. The summed E-state index contributed by atoms with van der Waals surface area (Å²) in [4.78, 5) is 16.8. The van der Waals surface area contributed by atoms with Gasteiger partial charge in [0.1, 0.15) is 17.3 Å². The van der Waals surface area contributed by atoms with E-state index in [0.717, 1.165) is 31.1 Å². The summed E-state index contributed by atoms with van der Waals surface area (Å²) >= 11 is 0. The lowest BCUT2D eigenvalue weighted by atomic mass is 10.1. The van der Waals surface area contributed by atoms with Crippen LogP contribution < -0.4 is 5.32 Å². The minimum Gasteiger partial charge on any atom is -0.381 e. The standard InChI is InChI=1S/C19H21FN6O3S.ClH/c1-12-21-11-16(26(12)13-5-7-29-8-6-13)18-15(20)10-23-19(25-18)24-17-4-3-14(9-22-17)30(2,27)28;/h3-4,9-11,13H,5-8H2,1-2H3,(H,22,23,24,25);1H. The maximum absolute atomic E-state index is 14.6.